The van der Waals surface area contributed by atoms with Crippen LogP contribution in [0.1, 0.15) is 19.3 Å². The van der Waals surface area contributed by atoms with Crippen molar-refractivity contribution < 1.29 is 13.9 Å². The minimum Gasteiger partial charge on any atom is -0.399 e. The number of carbonyl (C=O) groups excluding carboxylic acids is 1. The lowest BCUT2D eigenvalue weighted by atomic mass is 10.2. The topological polar surface area (TPSA) is 67.6 Å². The highest BCUT2D eigenvalue weighted by Crippen LogP contribution is 2.26. The maximum absolute atomic E-state index is 13.5. The Bertz CT molecular complexity index is 526. The fourth-order valence-corrected chi connectivity index (χ4v) is 2.99. The molecule has 5 nitrogen and oxygen atoms in total. The van der Waals surface area contributed by atoms with Gasteiger partial charge in [-0.3, -0.25) is 9.69 Å². The van der Waals surface area contributed by atoms with Gasteiger partial charge in [-0.05, 0) is 31.0 Å². The number of nitrogen functional groups attached to an aromatic ring is 1. The molecule has 114 valence electrons. The lowest BCUT2D eigenvalue weighted by Crippen LogP contribution is -2.43. The number of anilines is 2. The van der Waals surface area contributed by atoms with Gasteiger partial charge in [0.25, 0.3) is 0 Å². The first-order valence-corrected chi connectivity index (χ1v) is 7.33. The highest BCUT2D eigenvalue weighted by molar-refractivity contribution is 5.91. The number of morpholine rings is 1. The standard InChI is InChI=1S/C15H20FN3O2/c16-13-4-1-10(17)7-14(13)18-15(20)5-6-19-8-11-2-3-12(9-19)21-11/h1,4,7,11-12H,2-3,5-6,8-9,17H2,(H,18,20). The number of carbonyl (C=O) groups is 1. The zero-order chi connectivity index (χ0) is 14.8. The molecular formula is C15H20FN3O2. The SMILES string of the molecule is Nc1ccc(F)c(NC(=O)CCN2CC3CCC(C2)O3)c1. The van der Waals surface area contributed by atoms with Crippen molar-refractivity contribution >= 4 is 17.3 Å². The summed E-state index contributed by atoms with van der Waals surface area (Å²) in [4.78, 5) is 14.2. The maximum Gasteiger partial charge on any atom is 0.225 e. The van der Waals surface area contributed by atoms with Crippen molar-refractivity contribution in [3.05, 3.63) is 24.0 Å². The molecule has 0 aromatic heterocycles. The van der Waals surface area contributed by atoms with Gasteiger partial charge in [-0.25, -0.2) is 4.39 Å². The Balaban J connectivity index is 1.49. The van der Waals surface area contributed by atoms with E-state index in [0.29, 0.717) is 30.9 Å². The van der Waals surface area contributed by atoms with Crippen LogP contribution in [0.3, 0.4) is 0 Å². The number of benzene rings is 1. The molecule has 0 radical (unpaired) electrons. The zero-order valence-corrected chi connectivity index (χ0v) is 11.8. The van der Waals surface area contributed by atoms with E-state index in [1.807, 2.05) is 0 Å². The molecule has 2 fully saturated rings. The number of hydrogen-bond acceptors (Lipinski definition) is 4. The van der Waals surface area contributed by atoms with Gasteiger partial charge in [0.2, 0.25) is 5.91 Å². The van der Waals surface area contributed by atoms with Gasteiger partial charge in [-0.15, -0.1) is 0 Å². The van der Waals surface area contributed by atoms with Crippen LogP contribution in [-0.2, 0) is 9.53 Å². The van der Waals surface area contributed by atoms with Crippen LogP contribution >= 0.6 is 0 Å². The van der Waals surface area contributed by atoms with Gasteiger partial charge in [0.15, 0.2) is 0 Å². The fourth-order valence-electron chi connectivity index (χ4n) is 2.99. The average molecular weight is 293 g/mol. The van der Waals surface area contributed by atoms with Gasteiger partial charge in [0.05, 0.1) is 17.9 Å². The third-order valence-corrected chi connectivity index (χ3v) is 4.04. The molecule has 1 amide bonds. The second kappa shape index (κ2) is 5.99. The molecule has 0 spiro atoms. The van der Waals surface area contributed by atoms with Gasteiger partial charge in [0, 0.05) is 31.7 Å². The summed E-state index contributed by atoms with van der Waals surface area (Å²) in [6, 6.07) is 4.15. The highest BCUT2D eigenvalue weighted by Gasteiger charge is 2.33. The molecule has 0 saturated carbocycles. The van der Waals surface area contributed by atoms with Gasteiger partial charge >= 0.3 is 0 Å². The van der Waals surface area contributed by atoms with Gasteiger partial charge in [-0.1, -0.05) is 0 Å². The number of hydrogen-bond donors (Lipinski definition) is 2. The van der Waals surface area contributed by atoms with Crippen LogP contribution in [0.2, 0.25) is 0 Å². The van der Waals surface area contributed by atoms with Gasteiger partial charge in [-0.2, -0.15) is 0 Å². The summed E-state index contributed by atoms with van der Waals surface area (Å²) in [5, 5.41) is 2.58. The molecule has 21 heavy (non-hydrogen) atoms. The van der Waals surface area contributed by atoms with Crippen LogP contribution in [0.5, 0.6) is 0 Å². The van der Waals surface area contributed by atoms with E-state index in [9.17, 15) is 9.18 Å². The summed E-state index contributed by atoms with van der Waals surface area (Å²) in [5.41, 5.74) is 6.16. The predicted molar refractivity (Wildman–Crippen MR) is 78.4 cm³/mol. The lowest BCUT2D eigenvalue weighted by Gasteiger charge is -2.31. The maximum atomic E-state index is 13.5. The van der Waals surface area contributed by atoms with Crippen molar-refractivity contribution in [2.24, 2.45) is 0 Å². The number of likely N-dealkylation sites (tertiary alicyclic amines) is 1. The molecule has 3 N–H and O–H groups in total. The quantitative estimate of drug-likeness (QED) is 0.828. The van der Waals surface area contributed by atoms with E-state index < -0.39 is 5.82 Å². The third kappa shape index (κ3) is 3.51. The Kier molecular flexibility index (Phi) is 4.07. The molecule has 1 aromatic rings. The summed E-state index contributed by atoms with van der Waals surface area (Å²) in [5.74, 6) is -0.666. The molecule has 2 unspecified atom stereocenters. The molecule has 2 aliphatic heterocycles. The molecule has 2 heterocycles. The molecular weight excluding hydrogens is 273 g/mol. The molecule has 2 aliphatic rings. The van der Waals surface area contributed by atoms with Gasteiger partial charge in [0.1, 0.15) is 5.82 Å². The monoisotopic (exact) mass is 293 g/mol. The molecule has 3 rings (SSSR count). The normalized spacial score (nSPS) is 25.0. The molecule has 6 heteroatoms. The van der Waals surface area contributed by atoms with Crippen molar-refractivity contribution in [2.75, 3.05) is 30.7 Å². The zero-order valence-electron chi connectivity index (χ0n) is 11.8. The highest BCUT2D eigenvalue weighted by atomic mass is 19.1. The summed E-state index contributed by atoms with van der Waals surface area (Å²) in [7, 11) is 0. The lowest BCUT2D eigenvalue weighted by molar-refractivity contribution is -0.117. The van der Waals surface area contributed by atoms with Crippen molar-refractivity contribution in [1.29, 1.82) is 0 Å². The van der Waals surface area contributed by atoms with Gasteiger partial charge < -0.3 is 15.8 Å². The first kappa shape index (κ1) is 14.3. The van der Waals surface area contributed by atoms with Crippen molar-refractivity contribution in [2.45, 2.75) is 31.5 Å². The Hall–Kier alpha value is -1.66. The summed E-state index contributed by atoms with van der Waals surface area (Å²) in [6.07, 6.45) is 3.20. The number of amides is 1. The van der Waals surface area contributed by atoms with E-state index >= 15 is 0 Å². The minimum atomic E-state index is -0.470. The first-order chi connectivity index (χ1) is 10.1. The Morgan fingerprint density at radius 1 is 1.38 bits per heavy atom. The van der Waals surface area contributed by atoms with Crippen molar-refractivity contribution in [3.63, 3.8) is 0 Å². The third-order valence-electron chi connectivity index (χ3n) is 4.04. The average Bonchev–Trinajstić information content (AvgIpc) is 2.80. The van der Waals surface area contributed by atoms with E-state index in [1.54, 1.807) is 0 Å². The van der Waals surface area contributed by atoms with E-state index in [1.165, 1.54) is 18.2 Å². The fraction of sp³-hybridized carbons (Fsp3) is 0.533. The molecule has 2 saturated heterocycles. The Morgan fingerprint density at radius 2 is 2.10 bits per heavy atom. The van der Waals surface area contributed by atoms with Crippen molar-refractivity contribution in [1.82, 2.24) is 4.90 Å². The summed E-state index contributed by atoms with van der Waals surface area (Å²) >= 11 is 0. The van der Waals surface area contributed by atoms with E-state index in [4.69, 9.17) is 10.5 Å². The predicted octanol–water partition coefficient (Wildman–Crippen LogP) is 1.60. The molecule has 1 aromatic carbocycles. The number of nitrogens with zero attached hydrogens (tertiary/aromatic N) is 1. The van der Waals surface area contributed by atoms with E-state index in [-0.39, 0.29) is 11.6 Å². The molecule has 2 bridgehead atoms. The van der Waals surface area contributed by atoms with Crippen LogP contribution in [0.4, 0.5) is 15.8 Å². The largest absolute Gasteiger partial charge is 0.399 e. The number of halogens is 1. The van der Waals surface area contributed by atoms with Crippen LogP contribution in [0.25, 0.3) is 0 Å². The molecule has 0 aliphatic carbocycles. The van der Waals surface area contributed by atoms with E-state index in [2.05, 4.69) is 10.2 Å². The Morgan fingerprint density at radius 3 is 2.81 bits per heavy atom. The number of ether oxygens (including phenoxy) is 1. The number of rotatable bonds is 4. The summed E-state index contributed by atoms with van der Waals surface area (Å²) < 4.78 is 19.3. The van der Waals surface area contributed by atoms with Crippen molar-refractivity contribution in [3.8, 4) is 0 Å². The first-order valence-electron chi connectivity index (χ1n) is 7.33. The molecule has 2 atom stereocenters. The number of nitrogens with two attached hydrogens (primary N) is 1. The van der Waals surface area contributed by atoms with Crippen LogP contribution in [0, 0.1) is 5.82 Å². The second-order valence-electron chi connectivity index (χ2n) is 5.75. The van der Waals surface area contributed by atoms with Crippen LogP contribution in [0.15, 0.2) is 18.2 Å². The van der Waals surface area contributed by atoms with Crippen LogP contribution < -0.4 is 11.1 Å². The Labute approximate surface area is 123 Å². The second-order valence-corrected chi connectivity index (χ2v) is 5.75. The summed E-state index contributed by atoms with van der Waals surface area (Å²) in [6.45, 7) is 2.44. The number of nitrogens with one attached hydrogen (secondary N) is 1. The van der Waals surface area contributed by atoms with Crippen LogP contribution in [-0.4, -0.2) is 42.6 Å². The number of fused-ring (bicyclic) bond motifs is 2. The smallest absolute Gasteiger partial charge is 0.225 e. The van der Waals surface area contributed by atoms with E-state index in [0.717, 1.165) is 25.9 Å². The minimum absolute atomic E-state index is 0.141.